The third-order valence-electron chi connectivity index (χ3n) is 3.82. The van der Waals surface area contributed by atoms with Crippen LogP contribution in [0.1, 0.15) is 0 Å². The number of para-hydroxylation sites is 2. The minimum absolute atomic E-state index is 0.0307. The zero-order chi connectivity index (χ0) is 17.8. The quantitative estimate of drug-likeness (QED) is 0.410. The number of pyridine rings is 1. The zero-order valence-corrected chi connectivity index (χ0v) is 13.0. The highest BCUT2D eigenvalue weighted by molar-refractivity contribution is 5.95. The molecule has 0 unspecified atom stereocenters. The van der Waals surface area contributed by atoms with Crippen molar-refractivity contribution in [2.45, 2.75) is 0 Å². The van der Waals surface area contributed by atoms with Gasteiger partial charge >= 0.3 is 0 Å². The van der Waals surface area contributed by atoms with Gasteiger partial charge in [0.1, 0.15) is 23.8 Å². The second-order valence-electron chi connectivity index (χ2n) is 5.17. The van der Waals surface area contributed by atoms with E-state index in [1.165, 1.54) is 6.08 Å². The van der Waals surface area contributed by atoms with Crippen LogP contribution >= 0.6 is 0 Å². The average molecular weight is 322 g/mol. The molecule has 1 aromatic heterocycles. The Balaban J connectivity index is 2.38. The highest BCUT2D eigenvalue weighted by Crippen LogP contribution is 2.20. The van der Waals surface area contributed by atoms with Gasteiger partial charge in [-0.05, 0) is 30.3 Å². The fraction of sp³-hybridized carbons (Fsp3) is 0. The number of hydrogen-bond donors (Lipinski definition) is 0. The molecule has 25 heavy (non-hydrogen) atoms. The molecule has 2 aromatic carbocycles. The van der Waals surface area contributed by atoms with Crippen molar-refractivity contribution in [3.8, 4) is 18.2 Å². The number of rotatable bonds is 2. The smallest absolute Gasteiger partial charge is 0.197 e. The van der Waals surface area contributed by atoms with Crippen molar-refractivity contribution in [3.63, 3.8) is 0 Å². The molecule has 0 aliphatic carbocycles. The largest absolute Gasteiger partial charge is 0.316 e. The Morgan fingerprint density at radius 2 is 1.36 bits per heavy atom. The van der Waals surface area contributed by atoms with Gasteiger partial charge < -0.3 is 4.57 Å². The first-order valence-electron chi connectivity index (χ1n) is 7.36. The summed E-state index contributed by atoms with van der Waals surface area (Å²) < 4.78 is 1.77. The van der Waals surface area contributed by atoms with Gasteiger partial charge in [0.05, 0.1) is 16.6 Å². The Kier molecular flexibility index (Phi) is 4.12. The summed E-state index contributed by atoms with van der Waals surface area (Å²) in [7, 11) is 0. The third kappa shape index (κ3) is 2.65. The Hall–Kier alpha value is -4.14. The minimum Gasteiger partial charge on any atom is -0.316 e. The van der Waals surface area contributed by atoms with Gasteiger partial charge in [-0.2, -0.15) is 15.8 Å². The number of hydrogen-bond acceptors (Lipinski definition) is 4. The summed E-state index contributed by atoms with van der Waals surface area (Å²) >= 11 is 0. The van der Waals surface area contributed by atoms with Gasteiger partial charge in [0.2, 0.25) is 0 Å². The summed E-state index contributed by atoms with van der Waals surface area (Å²) in [6.45, 7) is 0. The molecule has 5 heteroatoms. The molecule has 0 amide bonds. The van der Waals surface area contributed by atoms with Crippen LogP contribution in [0.3, 0.4) is 0 Å². The van der Waals surface area contributed by atoms with E-state index in [-0.39, 0.29) is 16.6 Å². The normalized spacial score (nSPS) is 10.3. The van der Waals surface area contributed by atoms with Crippen LogP contribution in [0.2, 0.25) is 0 Å². The van der Waals surface area contributed by atoms with Crippen LogP contribution in [0.4, 0.5) is 0 Å². The van der Waals surface area contributed by atoms with Crippen LogP contribution in [0.5, 0.6) is 0 Å². The van der Waals surface area contributed by atoms with E-state index in [0.29, 0.717) is 21.8 Å². The number of fused-ring (bicyclic) bond motifs is 2. The Bertz CT molecular complexity index is 1170. The van der Waals surface area contributed by atoms with Gasteiger partial charge in [-0.1, -0.05) is 24.3 Å². The van der Waals surface area contributed by atoms with E-state index < -0.39 is 0 Å². The molecule has 0 aliphatic rings. The Morgan fingerprint density at radius 3 is 1.84 bits per heavy atom. The van der Waals surface area contributed by atoms with E-state index >= 15 is 0 Å². The highest BCUT2D eigenvalue weighted by Gasteiger charge is 2.09. The molecule has 0 saturated carbocycles. The molecule has 0 N–H and O–H groups in total. The van der Waals surface area contributed by atoms with Crippen molar-refractivity contribution < 1.29 is 0 Å². The summed E-state index contributed by atoms with van der Waals surface area (Å²) in [6.07, 6.45) is 3.00. The fourth-order valence-electron chi connectivity index (χ4n) is 2.66. The van der Waals surface area contributed by atoms with Crippen LogP contribution in [0.15, 0.2) is 70.5 Å². The molecule has 116 valence electrons. The molecule has 0 aliphatic heterocycles. The summed E-state index contributed by atoms with van der Waals surface area (Å²) in [4.78, 5) is 12.7. The van der Waals surface area contributed by atoms with Crippen molar-refractivity contribution in [2.24, 2.45) is 0 Å². The fourth-order valence-corrected chi connectivity index (χ4v) is 2.66. The van der Waals surface area contributed by atoms with Crippen molar-refractivity contribution >= 4 is 28.0 Å². The van der Waals surface area contributed by atoms with Gasteiger partial charge in [0.15, 0.2) is 5.43 Å². The van der Waals surface area contributed by atoms with E-state index in [9.17, 15) is 10.1 Å². The lowest BCUT2D eigenvalue weighted by Crippen LogP contribution is -2.08. The average Bonchev–Trinajstić information content (AvgIpc) is 2.67. The minimum atomic E-state index is -0.256. The molecular weight excluding hydrogens is 312 g/mol. The maximum Gasteiger partial charge on any atom is 0.197 e. The molecule has 1 heterocycles. The van der Waals surface area contributed by atoms with Gasteiger partial charge in [0.25, 0.3) is 0 Å². The number of nitriles is 3. The molecule has 3 rings (SSSR count). The number of aromatic nitrogens is 1. The third-order valence-corrected chi connectivity index (χ3v) is 3.82. The van der Waals surface area contributed by atoms with Gasteiger partial charge in [-0.25, -0.2) is 0 Å². The SMILES string of the molecule is N#CC(C#N)=C(C#N)/C=C/n1c2ccccc2c(=O)c2ccccc21. The van der Waals surface area contributed by atoms with E-state index in [4.69, 9.17) is 10.5 Å². The van der Waals surface area contributed by atoms with Crippen LogP contribution in [0, 0.1) is 34.0 Å². The van der Waals surface area contributed by atoms with E-state index in [1.807, 2.05) is 18.2 Å². The Labute approximate surface area is 143 Å². The molecule has 0 fully saturated rings. The highest BCUT2D eigenvalue weighted by atomic mass is 16.1. The first-order valence-corrected chi connectivity index (χ1v) is 7.36. The van der Waals surface area contributed by atoms with Crippen molar-refractivity contribution in [3.05, 3.63) is 76.0 Å². The molecule has 3 aromatic rings. The summed E-state index contributed by atoms with van der Waals surface area (Å²) in [6, 6.07) is 19.6. The lowest BCUT2D eigenvalue weighted by atomic mass is 10.1. The molecule has 0 radical (unpaired) electrons. The molecule has 5 nitrogen and oxygen atoms in total. The standard InChI is InChI=1S/C20H10N4O/c21-11-14(15(12-22)13-23)9-10-24-18-7-3-1-5-16(18)20(25)17-6-2-4-8-19(17)24/h1-10H/b10-9+. The predicted molar refractivity (Wildman–Crippen MR) is 94.9 cm³/mol. The second kappa shape index (κ2) is 6.54. The Morgan fingerprint density at radius 1 is 0.840 bits per heavy atom. The molecule has 0 atom stereocenters. The van der Waals surface area contributed by atoms with Crippen molar-refractivity contribution in [1.82, 2.24) is 4.57 Å². The van der Waals surface area contributed by atoms with E-state index in [0.717, 1.165) is 0 Å². The number of nitrogens with zero attached hydrogens (tertiary/aromatic N) is 4. The van der Waals surface area contributed by atoms with Gasteiger partial charge in [-0.3, -0.25) is 4.79 Å². The predicted octanol–water partition coefficient (Wildman–Crippen LogP) is 3.49. The summed E-state index contributed by atoms with van der Waals surface area (Å²) in [5.74, 6) is 0. The number of benzene rings is 2. The van der Waals surface area contributed by atoms with Crippen LogP contribution in [-0.4, -0.2) is 4.57 Å². The zero-order valence-electron chi connectivity index (χ0n) is 13.0. The van der Waals surface area contributed by atoms with E-state index in [1.54, 1.807) is 59.3 Å². The topological polar surface area (TPSA) is 93.4 Å². The van der Waals surface area contributed by atoms with Crippen molar-refractivity contribution in [2.75, 3.05) is 0 Å². The van der Waals surface area contributed by atoms with Crippen molar-refractivity contribution in [1.29, 1.82) is 15.8 Å². The first kappa shape index (κ1) is 15.7. The lowest BCUT2D eigenvalue weighted by Gasteiger charge is -2.11. The maximum absolute atomic E-state index is 12.7. The molecule has 0 spiro atoms. The lowest BCUT2D eigenvalue weighted by molar-refractivity contribution is 1.26. The first-order chi connectivity index (χ1) is 12.2. The van der Waals surface area contributed by atoms with Crippen LogP contribution < -0.4 is 5.43 Å². The van der Waals surface area contributed by atoms with Crippen LogP contribution in [-0.2, 0) is 0 Å². The maximum atomic E-state index is 12.7. The van der Waals surface area contributed by atoms with Crippen LogP contribution in [0.25, 0.3) is 28.0 Å². The molecule has 0 bridgehead atoms. The summed E-state index contributed by atoms with van der Waals surface area (Å²) in [5, 5.41) is 28.2. The number of allylic oxidation sites excluding steroid dienone is 3. The van der Waals surface area contributed by atoms with Gasteiger partial charge in [0, 0.05) is 17.0 Å². The summed E-state index contributed by atoms with van der Waals surface area (Å²) in [5.41, 5.74) is 0.998. The molecular formula is C20H10N4O. The molecule has 0 saturated heterocycles. The monoisotopic (exact) mass is 322 g/mol. The second-order valence-corrected chi connectivity index (χ2v) is 5.17. The van der Waals surface area contributed by atoms with Gasteiger partial charge in [-0.15, -0.1) is 0 Å². The van der Waals surface area contributed by atoms with E-state index in [2.05, 4.69) is 0 Å².